The summed E-state index contributed by atoms with van der Waals surface area (Å²) in [5.74, 6) is -1.30. The largest absolute Gasteiger partial charge is 0.346 e. The number of nitriles is 1. The fourth-order valence-electron chi connectivity index (χ4n) is 1.39. The lowest BCUT2D eigenvalue weighted by Crippen LogP contribution is -2.35. The average molecular weight is 210 g/mol. The van der Waals surface area contributed by atoms with E-state index in [2.05, 4.69) is 5.32 Å². The number of carbonyl (C=O) groups is 1. The molecule has 3 nitrogen and oxygen atoms in total. The number of nitrogens with zero attached hydrogens (tertiary/aromatic N) is 1. The molecule has 82 valence electrons. The van der Waals surface area contributed by atoms with Gasteiger partial charge < -0.3 is 5.32 Å². The van der Waals surface area contributed by atoms with Crippen LogP contribution in [0.2, 0.25) is 0 Å². The first-order valence-electron chi connectivity index (χ1n) is 5.24. The van der Waals surface area contributed by atoms with E-state index in [0.29, 0.717) is 24.8 Å². The molecule has 1 aliphatic carbocycles. The zero-order valence-electron chi connectivity index (χ0n) is 8.85. The smallest absolute Gasteiger partial charge is 0.280 e. The number of nitrogens with one attached hydrogen (secondary N) is 1. The van der Waals surface area contributed by atoms with Crippen LogP contribution in [0.25, 0.3) is 0 Å². The van der Waals surface area contributed by atoms with Gasteiger partial charge in [0.2, 0.25) is 0 Å². The van der Waals surface area contributed by atoms with Gasteiger partial charge in [-0.1, -0.05) is 6.92 Å². The third-order valence-electron chi connectivity index (χ3n) is 2.63. The number of rotatable bonds is 4. The van der Waals surface area contributed by atoms with Crippen molar-refractivity contribution in [3.63, 3.8) is 0 Å². The summed E-state index contributed by atoms with van der Waals surface area (Å²) in [4.78, 5) is 11.4. The molecule has 1 atom stereocenters. The average Bonchev–Trinajstić information content (AvgIpc) is 2.14. The number of hydrogen-bond acceptors (Lipinski definition) is 2. The molecule has 0 bridgehead atoms. The summed E-state index contributed by atoms with van der Waals surface area (Å²) < 4.78 is 13.4. The van der Waals surface area contributed by atoms with Crippen molar-refractivity contribution in [2.45, 2.75) is 45.1 Å². The van der Waals surface area contributed by atoms with Crippen molar-refractivity contribution >= 4 is 5.91 Å². The van der Waals surface area contributed by atoms with E-state index in [-0.39, 0.29) is 12.5 Å². The molecule has 1 saturated carbocycles. The summed E-state index contributed by atoms with van der Waals surface area (Å²) in [5, 5.41) is 11.0. The van der Waals surface area contributed by atoms with Crippen LogP contribution < -0.4 is 5.32 Å². The second-order valence-corrected chi connectivity index (χ2v) is 3.71. The van der Waals surface area contributed by atoms with Gasteiger partial charge in [-0.2, -0.15) is 5.26 Å². The van der Waals surface area contributed by atoms with Gasteiger partial charge in [-0.25, -0.2) is 4.39 Å². The highest BCUT2D eigenvalue weighted by molar-refractivity contribution is 5.92. The summed E-state index contributed by atoms with van der Waals surface area (Å²) in [6, 6.07) is 1.73. The molecule has 0 saturated heterocycles. The third kappa shape index (κ3) is 3.05. The Morgan fingerprint density at radius 3 is 2.73 bits per heavy atom. The second-order valence-electron chi connectivity index (χ2n) is 3.71. The van der Waals surface area contributed by atoms with Gasteiger partial charge in [0.1, 0.15) is 0 Å². The number of amides is 1. The fraction of sp³-hybridized carbons (Fsp3) is 0.636. The van der Waals surface area contributed by atoms with Crippen molar-refractivity contribution in [2.24, 2.45) is 0 Å². The molecule has 0 unspecified atom stereocenters. The molecule has 0 aromatic heterocycles. The lowest BCUT2D eigenvalue weighted by Gasteiger charge is -2.18. The van der Waals surface area contributed by atoms with Crippen LogP contribution in [0.5, 0.6) is 0 Å². The normalized spacial score (nSPS) is 16.2. The number of allylic oxidation sites excluding steroid dienone is 1. The Labute approximate surface area is 89.0 Å². The number of hydrogen-bond donors (Lipinski definition) is 1. The Hall–Kier alpha value is -1.37. The lowest BCUT2D eigenvalue weighted by atomic mass is 9.91. The minimum Gasteiger partial charge on any atom is -0.346 e. The highest BCUT2D eigenvalue weighted by Crippen LogP contribution is 2.29. The van der Waals surface area contributed by atoms with Crippen LogP contribution in [-0.4, -0.2) is 11.9 Å². The van der Waals surface area contributed by atoms with Gasteiger partial charge in [0, 0.05) is 6.04 Å². The van der Waals surface area contributed by atoms with Crippen LogP contribution in [0, 0.1) is 11.3 Å². The van der Waals surface area contributed by atoms with Crippen LogP contribution in [0.4, 0.5) is 4.39 Å². The molecule has 0 radical (unpaired) electrons. The van der Waals surface area contributed by atoms with Gasteiger partial charge in [0.25, 0.3) is 5.91 Å². The van der Waals surface area contributed by atoms with E-state index in [1.165, 1.54) is 0 Å². The number of halogens is 1. The van der Waals surface area contributed by atoms with E-state index < -0.39 is 11.7 Å². The van der Waals surface area contributed by atoms with Crippen LogP contribution in [0.15, 0.2) is 11.4 Å². The van der Waals surface area contributed by atoms with E-state index in [0.717, 1.165) is 6.42 Å². The van der Waals surface area contributed by atoms with E-state index in [4.69, 9.17) is 5.26 Å². The number of carbonyl (C=O) groups excluding carboxylic acids is 1. The van der Waals surface area contributed by atoms with Crippen LogP contribution in [-0.2, 0) is 4.79 Å². The Kier molecular flexibility index (Phi) is 4.29. The summed E-state index contributed by atoms with van der Waals surface area (Å²) >= 11 is 0. The van der Waals surface area contributed by atoms with Crippen LogP contribution in [0.3, 0.4) is 0 Å². The summed E-state index contributed by atoms with van der Waals surface area (Å²) in [5.41, 5.74) is 0.610. The molecule has 1 N–H and O–H groups in total. The predicted molar refractivity (Wildman–Crippen MR) is 54.4 cm³/mol. The predicted octanol–water partition coefficient (Wildman–Crippen LogP) is 2.20. The zero-order valence-corrected chi connectivity index (χ0v) is 8.85. The molecule has 15 heavy (non-hydrogen) atoms. The van der Waals surface area contributed by atoms with Crippen molar-refractivity contribution < 1.29 is 9.18 Å². The van der Waals surface area contributed by atoms with Crippen LogP contribution >= 0.6 is 0 Å². The van der Waals surface area contributed by atoms with Gasteiger partial charge in [0.05, 0.1) is 12.5 Å². The van der Waals surface area contributed by atoms with Gasteiger partial charge in [0.15, 0.2) is 5.83 Å². The second kappa shape index (κ2) is 5.50. The summed E-state index contributed by atoms with van der Waals surface area (Å²) in [6.07, 6.45) is 3.21. The van der Waals surface area contributed by atoms with E-state index in [9.17, 15) is 9.18 Å². The summed E-state index contributed by atoms with van der Waals surface area (Å²) in [7, 11) is 0. The Balaban J connectivity index is 2.50. The molecule has 4 heteroatoms. The van der Waals surface area contributed by atoms with Gasteiger partial charge in [-0.05, 0) is 31.3 Å². The van der Waals surface area contributed by atoms with Crippen LogP contribution in [0.1, 0.15) is 39.0 Å². The van der Waals surface area contributed by atoms with Gasteiger partial charge >= 0.3 is 0 Å². The topological polar surface area (TPSA) is 52.9 Å². The van der Waals surface area contributed by atoms with Crippen molar-refractivity contribution in [3.05, 3.63) is 11.4 Å². The molecule has 0 aromatic carbocycles. The first-order chi connectivity index (χ1) is 7.19. The lowest BCUT2D eigenvalue weighted by molar-refractivity contribution is -0.119. The van der Waals surface area contributed by atoms with Crippen molar-refractivity contribution in [1.29, 1.82) is 5.26 Å². The monoisotopic (exact) mass is 210 g/mol. The molecular formula is C11H15FN2O. The van der Waals surface area contributed by atoms with Crippen molar-refractivity contribution in [1.82, 2.24) is 5.32 Å². The van der Waals surface area contributed by atoms with Gasteiger partial charge in [-0.15, -0.1) is 0 Å². The maximum Gasteiger partial charge on any atom is 0.280 e. The molecule has 0 aromatic rings. The zero-order chi connectivity index (χ0) is 11.3. The first kappa shape index (κ1) is 11.7. The minimum absolute atomic E-state index is 0.227. The molecule has 0 heterocycles. The van der Waals surface area contributed by atoms with Crippen molar-refractivity contribution in [3.8, 4) is 6.07 Å². The maximum absolute atomic E-state index is 13.4. The standard InChI is InChI=1S/C11H15FN2O/c1-2-9(6-7-13)14-11(15)10(12)8-4-3-5-8/h9H,2-6H2,1H3,(H,14,15)/t9-/m1/s1. The van der Waals surface area contributed by atoms with E-state index in [1.54, 1.807) is 0 Å². The Morgan fingerprint density at radius 2 is 2.33 bits per heavy atom. The molecule has 1 aliphatic rings. The minimum atomic E-state index is -0.660. The Morgan fingerprint density at radius 1 is 1.67 bits per heavy atom. The quantitative estimate of drug-likeness (QED) is 0.723. The van der Waals surface area contributed by atoms with E-state index >= 15 is 0 Å². The molecule has 1 amide bonds. The molecule has 1 fully saturated rings. The van der Waals surface area contributed by atoms with Gasteiger partial charge in [-0.3, -0.25) is 4.79 Å². The first-order valence-corrected chi connectivity index (χ1v) is 5.24. The van der Waals surface area contributed by atoms with Crippen molar-refractivity contribution in [2.75, 3.05) is 0 Å². The third-order valence-corrected chi connectivity index (χ3v) is 2.63. The molecular weight excluding hydrogens is 195 g/mol. The molecule has 0 spiro atoms. The molecule has 0 aliphatic heterocycles. The van der Waals surface area contributed by atoms with E-state index in [1.807, 2.05) is 13.0 Å². The SMILES string of the molecule is CC[C@H](CC#N)NC(=O)C(F)=C1CCC1. The summed E-state index contributed by atoms with van der Waals surface area (Å²) in [6.45, 7) is 1.86. The molecule has 1 rings (SSSR count). The highest BCUT2D eigenvalue weighted by atomic mass is 19.1. The Bertz CT molecular complexity index is 311. The highest BCUT2D eigenvalue weighted by Gasteiger charge is 2.21. The maximum atomic E-state index is 13.4. The fourth-order valence-corrected chi connectivity index (χ4v) is 1.39.